The number of hydrogen-bond acceptors (Lipinski definition) is 6. The highest BCUT2D eigenvalue weighted by Gasteiger charge is 2.36. The molecule has 1 atom stereocenters. The van der Waals surface area contributed by atoms with E-state index in [0.717, 1.165) is 11.3 Å². The quantitative estimate of drug-likeness (QED) is 0.819. The molecule has 2 heterocycles. The van der Waals surface area contributed by atoms with E-state index in [1.54, 1.807) is 17.9 Å². The van der Waals surface area contributed by atoms with Gasteiger partial charge in [0.1, 0.15) is 5.76 Å². The molecule has 1 aliphatic heterocycles. The van der Waals surface area contributed by atoms with Gasteiger partial charge in [-0.25, -0.2) is 0 Å². The van der Waals surface area contributed by atoms with Crippen LogP contribution in [0.2, 0.25) is 0 Å². The Balaban J connectivity index is 1.52. The molecule has 0 aliphatic carbocycles. The molecular formula is C18H19N3O5. The molecule has 0 spiro atoms. The van der Waals surface area contributed by atoms with Gasteiger partial charge >= 0.3 is 5.97 Å². The molecule has 8 nitrogen and oxygen atoms in total. The van der Waals surface area contributed by atoms with Crippen LogP contribution in [0, 0.1) is 19.8 Å². The molecule has 8 heteroatoms. The van der Waals surface area contributed by atoms with E-state index in [0.29, 0.717) is 5.76 Å². The highest BCUT2D eigenvalue weighted by molar-refractivity contribution is 6.00. The highest BCUT2D eigenvalue weighted by Crippen LogP contribution is 2.26. The molecule has 0 unspecified atom stereocenters. The van der Waals surface area contributed by atoms with Crippen molar-refractivity contribution >= 4 is 29.3 Å². The van der Waals surface area contributed by atoms with Gasteiger partial charge in [-0.1, -0.05) is 17.3 Å². The summed E-state index contributed by atoms with van der Waals surface area (Å²) in [5.41, 5.74) is 1.78. The van der Waals surface area contributed by atoms with Crippen LogP contribution in [0.25, 0.3) is 0 Å². The summed E-state index contributed by atoms with van der Waals surface area (Å²) in [5.74, 6) is -1.01. The van der Waals surface area contributed by atoms with Crippen molar-refractivity contribution in [3.63, 3.8) is 0 Å². The van der Waals surface area contributed by atoms with E-state index in [1.165, 1.54) is 0 Å². The van der Waals surface area contributed by atoms with Crippen molar-refractivity contribution in [1.82, 2.24) is 5.16 Å². The number of ether oxygens (including phenoxy) is 1. The fourth-order valence-electron chi connectivity index (χ4n) is 2.77. The Morgan fingerprint density at radius 2 is 2.15 bits per heavy atom. The average molecular weight is 357 g/mol. The minimum atomic E-state index is -0.592. The molecule has 0 radical (unpaired) electrons. The number of nitrogens with zero attached hydrogens (tertiary/aromatic N) is 2. The minimum absolute atomic E-state index is 0.0663. The number of amides is 2. The van der Waals surface area contributed by atoms with Crippen LogP contribution in [0.3, 0.4) is 0 Å². The Hall–Kier alpha value is -3.16. The molecule has 2 amide bonds. The summed E-state index contributed by atoms with van der Waals surface area (Å²) in [7, 11) is 0. The number of carbonyl (C=O) groups is 3. The lowest BCUT2D eigenvalue weighted by Crippen LogP contribution is -2.28. The predicted octanol–water partition coefficient (Wildman–Crippen LogP) is 1.83. The maximum atomic E-state index is 12.2. The minimum Gasteiger partial charge on any atom is -0.455 e. The third kappa shape index (κ3) is 4.08. The zero-order valence-corrected chi connectivity index (χ0v) is 14.5. The summed E-state index contributed by atoms with van der Waals surface area (Å²) in [6, 6.07) is 9.06. The van der Waals surface area contributed by atoms with Gasteiger partial charge in [-0.05, 0) is 31.5 Å². The highest BCUT2D eigenvalue weighted by atomic mass is 16.5. The maximum absolute atomic E-state index is 12.2. The van der Waals surface area contributed by atoms with Gasteiger partial charge in [0.25, 0.3) is 5.91 Å². The Morgan fingerprint density at radius 3 is 2.85 bits per heavy atom. The van der Waals surface area contributed by atoms with Gasteiger partial charge in [-0.15, -0.1) is 0 Å². The Labute approximate surface area is 150 Å². The van der Waals surface area contributed by atoms with Crippen molar-refractivity contribution in [3.8, 4) is 0 Å². The fraction of sp³-hybridized carbons (Fsp3) is 0.333. The Kier molecular flexibility index (Phi) is 5.01. The number of nitrogens with one attached hydrogen (secondary N) is 1. The van der Waals surface area contributed by atoms with Crippen LogP contribution in [0.5, 0.6) is 0 Å². The number of aromatic nitrogens is 1. The molecule has 0 saturated carbocycles. The Bertz CT molecular complexity index is 845. The molecule has 26 heavy (non-hydrogen) atoms. The average Bonchev–Trinajstić information content (AvgIpc) is 3.18. The third-order valence-corrected chi connectivity index (χ3v) is 4.01. The van der Waals surface area contributed by atoms with E-state index in [4.69, 9.17) is 9.26 Å². The molecule has 1 aromatic heterocycles. The van der Waals surface area contributed by atoms with Crippen molar-refractivity contribution in [3.05, 3.63) is 41.7 Å². The van der Waals surface area contributed by atoms with Crippen molar-refractivity contribution in [2.45, 2.75) is 20.3 Å². The van der Waals surface area contributed by atoms with Gasteiger partial charge in [0.2, 0.25) is 5.91 Å². The second-order valence-corrected chi connectivity index (χ2v) is 6.22. The first-order valence-electron chi connectivity index (χ1n) is 8.19. The van der Waals surface area contributed by atoms with E-state index >= 15 is 0 Å². The van der Waals surface area contributed by atoms with Crippen molar-refractivity contribution < 1.29 is 23.6 Å². The first kappa shape index (κ1) is 17.7. The topological polar surface area (TPSA) is 102 Å². The van der Waals surface area contributed by atoms with Crippen LogP contribution in [0.4, 0.5) is 11.5 Å². The Morgan fingerprint density at radius 1 is 1.35 bits per heavy atom. The molecule has 136 valence electrons. The summed E-state index contributed by atoms with van der Waals surface area (Å²) in [6.07, 6.45) is 0.0663. The molecule has 1 fully saturated rings. The summed E-state index contributed by atoms with van der Waals surface area (Å²) in [6.45, 7) is 3.43. The lowest BCUT2D eigenvalue weighted by molar-refractivity contribution is -0.151. The molecular weight excluding hydrogens is 338 g/mol. The van der Waals surface area contributed by atoms with E-state index < -0.39 is 24.4 Å². The summed E-state index contributed by atoms with van der Waals surface area (Å²) < 4.78 is 9.87. The van der Waals surface area contributed by atoms with Crippen molar-refractivity contribution in [2.75, 3.05) is 23.4 Å². The SMILES string of the molecule is Cc1cccc(N2C[C@H](C(=O)OCC(=O)Nc3cc(C)on3)CC2=O)c1. The van der Waals surface area contributed by atoms with Gasteiger partial charge in [0.05, 0.1) is 5.92 Å². The van der Waals surface area contributed by atoms with Crippen LogP contribution >= 0.6 is 0 Å². The number of hydrogen-bond donors (Lipinski definition) is 1. The third-order valence-electron chi connectivity index (χ3n) is 4.01. The largest absolute Gasteiger partial charge is 0.455 e. The van der Waals surface area contributed by atoms with Crippen molar-refractivity contribution in [2.24, 2.45) is 5.92 Å². The van der Waals surface area contributed by atoms with E-state index in [9.17, 15) is 14.4 Å². The second-order valence-electron chi connectivity index (χ2n) is 6.22. The standard InChI is InChI=1S/C18H19N3O5/c1-11-4-3-5-14(6-11)21-9-13(8-17(21)23)18(24)25-10-16(22)19-15-7-12(2)26-20-15/h3-7,13H,8-10H2,1-2H3,(H,19,20,22)/t13-/m1/s1. The lowest BCUT2D eigenvalue weighted by atomic mass is 10.1. The van der Waals surface area contributed by atoms with Gasteiger partial charge in [0, 0.05) is 24.7 Å². The number of rotatable bonds is 5. The van der Waals surface area contributed by atoms with Crippen LogP contribution in [0.1, 0.15) is 17.7 Å². The van der Waals surface area contributed by atoms with Gasteiger partial charge in [-0.2, -0.15) is 0 Å². The maximum Gasteiger partial charge on any atom is 0.311 e. The van der Waals surface area contributed by atoms with Crippen LogP contribution < -0.4 is 10.2 Å². The number of benzene rings is 1. The van der Waals surface area contributed by atoms with Crippen LogP contribution in [0.15, 0.2) is 34.9 Å². The molecule has 1 saturated heterocycles. The van der Waals surface area contributed by atoms with E-state index in [-0.39, 0.29) is 24.7 Å². The normalized spacial score (nSPS) is 16.6. The van der Waals surface area contributed by atoms with Gasteiger partial charge in [-0.3, -0.25) is 14.4 Å². The van der Waals surface area contributed by atoms with Gasteiger partial charge < -0.3 is 19.5 Å². The monoisotopic (exact) mass is 357 g/mol. The van der Waals surface area contributed by atoms with E-state index in [2.05, 4.69) is 10.5 Å². The molecule has 3 rings (SSSR count). The molecule has 1 N–H and O–H groups in total. The lowest BCUT2D eigenvalue weighted by Gasteiger charge is -2.17. The number of aryl methyl sites for hydroxylation is 2. The number of anilines is 2. The van der Waals surface area contributed by atoms with E-state index in [1.807, 2.05) is 31.2 Å². The molecule has 1 aliphatic rings. The molecule has 1 aromatic carbocycles. The molecule has 0 bridgehead atoms. The van der Waals surface area contributed by atoms with Crippen LogP contribution in [-0.2, 0) is 19.1 Å². The predicted molar refractivity (Wildman–Crippen MR) is 92.5 cm³/mol. The van der Waals surface area contributed by atoms with Gasteiger partial charge in [0.15, 0.2) is 12.4 Å². The number of esters is 1. The summed E-state index contributed by atoms with van der Waals surface area (Å²) in [4.78, 5) is 37.7. The first-order valence-corrected chi connectivity index (χ1v) is 8.19. The summed E-state index contributed by atoms with van der Waals surface area (Å²) in [5, 5.41) is 6.08. The zero-order chi connectivity index (χ0) is 18.7. The first-order chi connectivity index (χ1) is 12.4. The fourth-order valence-corrected chi connectivity index (χ4v) is 2.77. The van der Waals surface area contributed by atoms with Crippen molar-refractivity contribution in [1.29, 1.82) is 0 Å². The second kappa shape index (κ2) is 7.38. The summed E-state index contributed by atoms with van der Waals surface area (Å²) >= 11 is 0. The molecule has 2 aromatic rings. The smallest absolute Gasteiger partial charge is 0.311 e. The number of carbonyl (C=O) groups excluding carboxylic acids is 3. The van der Waals surface area contributed by atoms with Crippen LogP contribution in [-0.4, -0.2) is 36.1 Å². The zero-order valence-electron chi connectivity index (χ0n) is 14.5.